The Balaban J connectivity index is 1.98. The van der Waals surface area contributed by atoms with Crippen molar-refractivity contribution in [2.45, 2.75) is 45.7 Å². The van der Waals surface area contributed by atoms with Gasteiger partial charge in [-0.2, -0.15) is 0 Å². The second-order valence-electron chi connectivity index (χ2n) is 5.75. The first-order chi connectivity index (χ1) is 9.47. The lowest BCUT2D eigenvalue weighted by atomic mass is 9.78. The molecule has 1 aromatic heterocycles. The number of rotatable bonds is 3. The summed E-state index contributed by atoms with van der Waals surface area (Å²) in [5, 5.41) is 3.08. The first-order valence-electron chi connectivity index (χ1n) is 7.12. The molecule has 110 valence electrons. The molecular weight excluding hydrogens is 320 g/mol. The number of hydrogen-bond donors (Lipinski definition) is 1. The molecule has 5 heteroatoms. The quantitative estimate of drug-likeness (QED) is 0.919. The summed E-state index contributed by atoms with van der Waals surface area (Å²) < 4.78 is 2.22. The third kappa shape index (κ3) is 3.72. The summed E-state index contributed by atoms with van der Waals surface area (Å²) in [6.45, 7) is 4.51. The number of pyridine rings is 1. The van der Waals surface area contributed by atoms with Crippen LogP contribution in [0.1, 0.15) is 33.1 Å². The van der Waals surface area contributed by atoms with Crippen LogP contribution in [0.4, 0.5) is 0 Å². The number of nitrogens with one attached hydrogen (secondary N) is 1. The van der Waals surface area contributed by atoms with Crippen molar-refractivity contribution < 1.29 is 4.79 Å². The summed E-state index contributed by atoms with van der Waals surface area (Å²) in [7, 11) is 0. The van der Waals surface area contributed by atoms with Crippen molar-refractivity contribution in [3.8, 4) is 0 Å². The maximum absolute atomic E-state index is 12.1. The van der Waals surface area contributed by atoms with Crippen LogP contribution in [0.25, 0.3) is 0 Å². The minimum absolute atomic E-state index is 0.0792. The third-order valence-corrected chi connectivity index (χ3v) is 4.78. The van der Waals surface area contributed by atoms with Crippen LogP contribution < -0.4 is 10.9 Å². The molecule has 0 radical (unpaired) electrons. The molecule has 0 saturated heterocycles. The number of carbonyl (C=O) groups excluding carboxylic acids is 1. The summed E-state index contributed by atoms with van der Waals surface area (Å²) in [5.41, 5.74) is -0.159. The monoisotopic (exact) mass is 340 g/mol. The second kappa shape index (κ2) is 6.57. The standard InChI is InChI=1S/C15H21BrN2O2/c1-10-4-3-5-13(11(10)2)17-14(19)9-18-8-12(16)6-7-15(18)20/h6-8,10-11,13H,3-5,9H2,1-2H3,(H,17,19)/t10-,11-,13+/m1/s1. The predicted molar refractivity (Wildman–Crippen MR) is 82.5 cm³/mol. The van der Waals surface area contributed by atoms with Crippen LogP contribution in [0.2, 0.25) is 0 Å². The van der Waals surface area contributed by atoms with Crippen LogP contribution in [0.5, 0.6) is 0 Å². The minimum Gasteiger partial charge on any atom is -0.352 e. The maximum atomic E-state index is 12.1. The molecule has 1 amide bonds. The fourth-order valence-electron chi connectivity index (χ4n) is 2.82. The molecule has 1 N–H and O–H groups in total. The van der Waals surface area contributed by atoms with E-state index in [0.29, 0.717) is 11.8 Å². The Hall–Kier alpha value is -1.10. The van der Waals surface area contributed by atoms with Crippen LogP contribution in [0.3, 0.4) is 0 Å². The van der Waals surface area contributed by atoms with Crippen molar-refractivity contribution in [1.82, 2.24) is 9.88 Å². The van der Waals surface area contributed by atoms with Gasteiger partial charge in [0, 0.05) is 22.8 Å². The summed E-state index contributed by atoms with van der Waals surface area (Å²) in [6.07, 6.45) is 5.07. The molecule has 1 aliphatic rings. The van der Waals surface area contributed by atoms with E-state index in [2.05, 4.69) is 35.1 Å². The molecule has 1 aromatic rings. The van der Waals surface area contributed by atoms with Crippen LogP contribution in [0.15, 0.2) is 27.6 Å². The van der Waals surface area contributed by atoms with Gasteiger partial charge in [-0.25, -0.2) is 0 Å². The zero-order valence-electron chi connectivity index (χ0n) is 11.9. The molecule has 0 bridgehead atoms. The van der Waals surface area contributed by atoms with Crippen LogP contribution in [0, 0.1) is 11.8 Å². The molecule has 1 aliphatic carbocycles. The number of hydrogen-bond acceptors (Lipinski definition) is 2. The van der Waals surface area contributed by atoms with E-state index in [0.717, 1.165) is 17.3 Å². The Morgan fingerprint density at radius 3 is 2.90 bits per heavy atom. The molecule has 1 saturated carbocycles. The molecule has 3 atom stereocenters. The number of amides is 1. The van der Waals surface area contributed by atoms with Gasteiger partial charge in [-0.3, -0.25) is 9.59 Å². The fraction of sp³-hybridized carbons (Fsp3) is 0.600. The van der Waals surface area contributed by atoms with Gasteiger partial charge in [0.1, 0.15) is 6.54 Å². The number of halogens is 1. The molecule has 2 rings (SSSR count). The Morgan fingerprint density at radius 1 is 1.40 bits per heavy atom. The summed E-state index contributed by atoms with van der Waals surface area (Å²) in [6, 6.07) is 3.37. The minimum atomic E-state index is -0.159. The van der Waals surface area contributed by atoms with Gasteiger partial charge in [-0.15, -0.1) is 0 Å². The normalized spacial score (nSPS) is 26.2. The first-order valence-corrected chi connectivity index (χ1v) is 7.92. The summed E-state index contributed by atoms with van der Waals surface area (Å²) in [5.74, 6) is 1.05. The van der Waals surface area contributed by atoms with Crippen molar-refractivity contribution in [3.05, 3.63) is 33.2 Å². The largest absolute Gasteiger partial charge is 0.352 e. The van der Waals surface area contributed by atoms with Gasteiger partial charge in [0.2, 0.25) is 5.91 Å². The van der Waals surface area contributed by atoms with Gasteiger partial charge in [0.05, 0.1) is 0 Å². The van der Waals surface area contributed by atoms with Gasteiger partial charge in [-0.05, 0) is 40.3 Å². The van der Waals surface area contributed by atoms with Crippen molar-refractivity contribution in [1.29, 1.82) is 0 Å². The Bertz CT molecular complexity index is 541. The molecule has 1 fully saturated rings. The average Bonchev–Trinajstić information content (AvgIpc) is 2.39. The van der Waals surface area contributed by atoms with Gasteiger partial charge in [-0.1, -0.05) is 26.7 Å². The Morgan fingerprint density at radius 2 is 2.15 bits per heavy atom. The molecule has 4 nitrogen and oxygen atoms in total. The SMILES string of the molecule is C[C@@H]1[C@H](C)CCC[C@@H]1NC(=O)Cn1cc(Br)ccc1=O. The highest BCUT2D eigenvalue weighted by atomic mass is 79.9. The van der Waals surface area contributed by atoms with Crippen LogP contribution in [-0.4, -0.2) is 16.5 Å². The molecule has 0 unspecified atom stereocenters. The van der Waals surface area contributed by atoms with Crippen molar-refractivity contribution in [2.24, 2.45) is 11.8 Å². The number of nitrogens with zero attached hydrogens (tertiary/aromatic N) is 1. The first kappa shape index (κ1) is 15.3. The summed E-state index contributed by atoms with van der Waals surface area (Å²) >= 11 is 3.31. The van der Waals surface area contributed by atoms with Crippen molar-refractivity contribution in [3.63, 3.8) is 0 Å². The summed E-state index contributed by atoms with van der Waals surface area (Å²) in [4.78, 5) is 23.8. The molecule has 20 heavy (non-hydrogen) atoms. The zero-order chi connectivity index (χ0) is 14.7. The second-order valence-corrected chi connectivity index (χ2v) is 6.67. The van der Waals surface area contributed by atoms with E-state index in [1.165, 1.54) is 17.1 Å². The molecular formula is C15H21BrN2O2. The van der Waals surface area contributed by atoms with E-state index in [4.69, 9.17) is 0 Å². The van der Waals surface area contributed by atoms with Crippen LogP contribution >= 0.6 is 15.9 Å². The van der Waals surface area contributed by atoms with E-state index in [-0.39, 0.29) is 24.1 Å². The van der Waals surface area contributed by atoms with Gasteiger partial charge in [0.25, 0.3) is 5.56 Å². The zero-order valence-corrected chi connectivity index (χ0v) is 13.5. The Kier molecular flexibility index (Phi) is 5.02. The molecule has 0 aromatic carbocycles. The van der Waals surface area contributed by atoms with E-state index >= 15 is 0 Å². The van der Waals surface area contributed by atoms with Crippen molar-refractivity contribution >= 4 is 21.8 Å². The smallest absolute Gasteiger partial charge is 0.251 e. The van der Waals surface area contributed by atoms with Gasteiger partial charge >= 0.3 is 0 Å². The molecule has 1 heterocycles. The third-order valence-electron chi connectivity index (χ3n) is 4.31. The fourth-order valence-corrected chi connectivity index (χ4v) is 3.20. The lowest BCUT2D eigenvalue weighted by molar-refractivity contribution is -0.123. The number of carbonyl (C=O) groups is 1. The number of aromatic nitrogens is 1. The topological polar surface area (TPSA) is 51.1 Å². The maximum Gasteiger partial charge on any atom is 0.251 e. The average molecular weight is 341 g/mol. The molecule has 0 spiro atoms. The highest BCUT2D eigenvalue weighted by molar-refractivity contribution is 9.10. The van der Waals surface area contributed by atoms with Gasteiger partial charge < -0.3 is 9.88 Å². The van der Waals surface area contributed by atoms with E-state index in [9.17, 15) is 9.59 Å². The lowest BCUT2D eigenvalue weighted by Crippen LogP contribution is -2.45. The van der Waals surface area contributed by atoms with E-state index in [1.54, 1.807) is 12.3 Å². The highest BCUT2D eigenvalue weighted by Gasteiger charge is 2.28. The van der Waals surface area contributed by atoms with Crippen LogP contribution in [-0.2, 0) is 11.3 Å². The van der Waals surface area contributed by atoms with E-state index in [1.807, 2.05) is 0 Å². The molecule has 0 aliphatic heterocycles. The van der Waals surface area contributed by atoms with Gasteiger partial charge in [0.15, 0.2) is 0 Å². The lowest BCUT2D eigenvalue weighted by Gasteiger charge is -2.34. The highest BCUT2D eigenvalue weighted by Crippen LogP contribution is 2.29. The van der Waals surface area contributed by atoms with Crippen molar-refractivity contribution in [2.75, 3.05) is 0 Å². The Labute approximate surface area is 127 Å². The predicted octanol–water partition coefficient (Wildman–Crippen LogP) is 2.55. The van der Waals surface area contributed by atoms with E-state index < -0.39 is 0 Å².